The summed E-state index contributed by atoms with van der Waals surface area (Å²) >= 11 is 0. The number of hydrogen-bond donors (Lipinski definition) is 1. The van der Waals surface area contributed by atoms with Gasteiger partial charge in [-0.15, -0.1) is 0 Å². The molecule has 0 spiro atoms. The maximum absolute atomic E-state index is 11.6. The number of rotatable bonds is 2. The van der Waals surface area contributed by atoms with Crippen molar-refractivity contribution in [1.29, 1.82) is 0 Å². The van der Waals surface area contributed by atoms with E-state index in [1.165, 1.54) is 0 Å². The lowest BCUT2D eigenvalue weighted by Crippen LogP contribution is -2.12. The van der Waals surface area contributed by atoms with E-state index in [1.807, 2.05) is 37.3 Å². The first kappa shape index (κ1) is 11.3. The van der Waals surface area contributed by atoms with Crippen molar-refractivity contribution in [3.05, 3.63) is 48.2 Å². The molecule has 86 valence electrons. The van der Waals surface area contributed by atoms with Crippen LogP contribution in [-0.4, -0.2) is 10.9 Å². The molecule has 0 aliphatic rings. The summed E-state index contributed by atoms with van der Waals surface area (Å²) in [5.41, 5.74) is 2.94. The molecule has 3 nitrogen and oxygen atoms in total. The predicted molar refractivity (Wildman–Crippen MR) is 69.9 cm³/mol. The number of hydrogen-bond acceptors (Lipinski definition) is 2. The van der Waals surface area contributed by atoms with E-state index in [0.717, 1.165) is 22.3 Å². The van der Waals surface area contributed by atoms with Crippen molar-refractivity contribution < 1.29 is 4.79 Å². The van der Waals surface area contributed by atoms with Gasteiger partial charge in [0, 0.05) is 16.7 Å². The monoisotopic (exact) mass is 226 g/mol. The summed E-state index contributed by atoms with van der Waals surface area (Å²) in [4.78, 5) is 16.0. The van der Waals surface area contributed by atoms with Crippen LogP contribution in [0.5, 0.6) is 0 Å². The maximum Gasteiger partial charge on any atom is 0.250 e. The molecule has 1 amide bonds. The second-order valence-corrected chi connectivity index (χ2v) is 4.06. The molecular weight excluding hydrogens is 212 g/mol. The molecule has 1 aromatic carbocycles. The molecule has 1 N–H and O–H groups in total. The summed E-state index contributed by atoms with van der Waals surface area (Å²) < 4.78 is 0. The summed E-state index contributed by atoms with van der Waals surface area (Å²) in [5.74, 6) is -0.180. The van der Waals surface area contributed by atoms with Crippen molar-refractivity contribution in [2.75, 3.05) is 5.32 Å². The van der Waals surface area contributed by atoms with Crippen LogP contribution in [0.15, 0.2) is 42.5 Å². The molecule has 0 bridgehead atoms. The van der Waals surface area contributed by atoms with Crippen molar-refractivity contribution in [1.82, 2.24) is 4.98 Å². The number of nitrogens with one attached hydrogen (secondary N) is 1. The van der Waals surface area contributed by atoms with E-state index in [1.54, 1.807) is 6.92 Å². The minimum absolute atomic E-state index is 0.180. The van der Waals surface area contributed by atoms with Crippen LogP contribution in [0.4, 0.5) is 5.69 Å². The molecule has 0 aliphatic carbocycles. The van der Waals surface area contributed by atoms with E-state index in [-0.39, 0.29) is 5.91 Å². The highest BCUT2D eigenvalue weighted by Gasteiger charge is 2.07. The summed E-state index contributed by atoms with van der Waals surface area (Å²) in [6.45, 7) is 7.22. The molecule has 0 unspecified atom stereocenters. The van der Waals surface area contributed by atoms with E-state index in [4.69, 9.17) is 0 Å². The number of pyridine rings is 1. The van der Waals surface area contributed by atoms with Crippen molar-refractivity contribution in [3.63, 3.8) is 0 Å². The number of nitrogens with zero attached hydrogens (tertiary/aromatic N) is 1. The number of aryl methyl sites for hydroxylation is 1. The molecule has 17 heavy (non-hydrogen) atoms. The highest BCUT2D eigenvalue weighted by Crippen LogP contribution is 2.21. The van der Waals surface area contributed by atoms with E-state index in [0.29, 0.717) is 5.57 Å². The SMILES string of the molecule is C=C(C)C(=O)Nc1cccc2ccc(C)nc12. The van der Waals surface area contributed by atoms with Gasteiger partial charge in [0.25, 0.3) is 5.91 Å². The zero-order valence-corrected chi connectivity index (χ0v) is 9.95. The van der Waals surface area contributed by atoms with Gasteiger partial charge in [-0.3, -0.25) is 9.78 Å². The van der Waals surface area contributed by atoms with E-state index in [9.17, 15) is 4.79 Å². The third-order valence-corrected chi connectivity index (χ3v) is 2.50. The minimum Gasteiger partial charge on any atom is -0.320 e. The molecule has 0 saturated heterocycles. The van der Waals surface area contributed by atoms with Gasteiger partial charge in [-0.05, 0) is 26.0 Å². The largest absolute Gasteiger partial charge is 0.320 e. The quantitative estimate of drug-likeness (QED) is 0.800. The van der Waals surface area contributed by atoms with Gasteiger partial charge in [0.2, 0.25) is 0 Å². The van der Waals surface area contributed by atoms with Gasteiger partial charge in [-0.2, -0.15) is 0 Å². The number of benzene rings is 1. The lowest BCUT2D eigenvalue weighted by molar-refractivity contribution is -0.112. The zero-order valence-electron chi connectivity index (χ0n) is 9.95. The first-order valence-corrected chi connectivity index (χ1v) is 5.41. The molecule has 0 aliphatic heterocycles. The minimum atomic E-state index is -0.180. The fraction of sp³-hybridized carbons (Fsp3) is 0.143. The van der Waals surface area contributed by atoms with Gasteiger partial charge in [0.05, 0.1) is 11.2 Å². The molecule has 1 heterocycles. The van der Waals surface area contributed by atoms with Crippen molar-refractivity contribution >= 4 is 22.5 Å². The lowest BCUT2D eigenvalue weighted by Gasteiger charge is -2.08. The van der Waals surface area contributed by atoms with Gasteiger partial charge < -0.3 is 5.32 Å². The highest BCUT2D eigenvalue weighted by atomic mass is 16.1. The molecule has 1 aromatic heterocycles. The molecule has 3 heteroatoms. The van der Waals surface area contributed by atoms with E-state index in [2.05, 4.69) is 16.9 Å². The van der Waals surface area contributed by atoms with E-state index >= 15 is 0 Å². The van der Waals surface area contributed by atoms with Crippen LogP contribution < -0.4 is 5.32 Å². The highest BCUT2D eigenvalue weighted by molar-refractivity contribution is 6.07. The number of carbonyl (C=O) groups excluding carboxylic acids is 1. The number of aromatic nitrogens is 1. The third kappa shape index (κ3) is 2.33. The first-order chi connectivity index (χ1) is 8.08. The maximum atomic E-state index is 11.6. The van der Waals surface area contributed by atoms with Gasteiger partial charge in [-0.1, -0.05) is 24.8 Å². The Hall–Kier alpha value is -2.16. The second kappa shape index (κ2) is 4.37. The van der Waals surface area contributed by atoms with Gasteiger partial charge in [0.1, 0.15) is 0 Å². The standard InChI is InChI=1S/C14H14N2O/c1-9(2)14(17)16-12-6-4-5-11-8-7-10(3)15-13(11)12/h4-8H,1H2,2-3H3,(H,16,17). The molecule has 0 saturated carbocycles. The molecule has 2 rings (SSSR count). The fourth-order valence-corrected chi connectivity index (χ4v) is 1.57. The topological polar surface area (TPSA) is 42.0 Å². The number of amides is 1. The van der Waals surface area contributed by atoms with Crippen LogP contribution in [0.1, 0.15) is 12.6 Å². The Kier molecular flexibility index (Phi) is 2.91. The van der Waals surface area contributed by atoms with Gasteiger partial charge in [0.15, 0.2) is 0 Å². The summed E-state index contributed by atoms with van der Waals surface area (Å²) in [6.07, 6.45) is 0. The normalized spacial score (nSPS) is 10.2. The number of para-hydroxylation sites is 1. The Morgan fingerprint density at radius 1 is 1.29 bits per heavy atom. The van der Waals surface area contributed by atoms with Crippen LogP contribution in [0.25, 0.3) is 10.9 Å². The Bertz CT molecular complexity index is 602. The summed E-state index contributed by atoms with van der Waals surface area (Å²) in [5, 5.41) is 3.82. The molecule has 2 aromatic rings. The van der Waals surface area contributed by atoms with Crippen LogP contribution in [0.2, 0.25) is 0 Å². The fourth-order valence-electron chi connectivity index (χ4n) is 1.57. The molecule has 0 fully saturated rings. The Balaban J connectivity index is 2.50. The number of fused-ring (bicyclic) bond motifs is 1. The lowest BCUT2D eigenvalue weighted by atomic mass is 10.1. The Labute approximate surface area is 100 Å². The second-order valence-electron chi connectivity index (χ2n) is 4.06. The summed E-state index contributed by atoms with van der Waals surface area (Å²) in [6, 6.07) is 9.65. The smallest absolute Gasteiger partial charge is 0.250 e. The number of carbonyl (C=O) groups is 1. The van der Waals surface area contributed by atoms with Gasteiger partial charge >= 0.3 is 0 Å². The van der Waals surface area contributed by atoms with Crippen LogP contribution in [-0.2, 0) is 4.79 Å². The first-order valence-electron chi connectivity index (χ1n) is 5.41. The van der Waals surface area contributed by atoms with Crippen molar-refractivity contribution in [2.45, 2.75) is 13.8 Å². The average Bonchev–Trinajstić information content (AvgIpc) is 2.29. The molecule has 0 radical (unpaired) electrons. The van der Waals surface area contributed by atoms with E-state index < -0.39 is 0 Å². The Morgan fingerprint density at radius 2 is 2.06 bits per heavy atom. The third-order valence-electron chi connectivity index (χ3n) is 2.50. The van der Waals surface area contributed by atoms with Crippen LogP contribution in [0.3, 0.4) is 0 Å². The Morgan fingerprint density at radius 3 is 2.76 bits per heavy atom. The summed E-state index contributed by atoms with van der Waals surface area (Å²) in [7, 11) is 0. The van der Waals surface area contributed by atoms with Crippen LogP contribution in [0, 0.1) is 6.92 Å². The van der Waals surface area contributed by atoms with Crippen LogP contribution >= 0.6 is 0 Å². The van der Waals surface area contributed by atoms with Crippen molar-refractivity contribution in [2.24, 2.45) is 0 Å². The molecule has 0 atom stereocenters. The predicted octanol–water partition coefficient (Wildman–Crippen LogP) is 3.06. The average molecular weight is 226 g/mol. The van der Waals surface area contributed by atoms with Gasteiger partial charge in [-0.25, -0.2) is 0 Å². The van der Waals surface area contributed by atoms with Crippen molar-refractivity contribution in [3.8, 4) is 0 Å². The zero-order chi connectivity index (χ0) is 12.4. The molecular formula is C14H14N2O. The number of anilines is 1.